The van der Waals surface area contributed by atoms with Gasteiger partial charge in [-0.15, -0.1) is 25.6 Å². The Morgan fingerprint density at radius 3 is 2.59 bits per heavy atom. The molecule has 1 atom stereocenters. The van der Waals surface area contributed by atoms with E-state index in [1.54, 1.807) is 25.3 Å². The predicted octanol–water partition coefficient (Wildman–Crippen LogP) is 2.77. The molecular formula is C13H20N2OS. The van der Waals surface area contributed by atoms with Crippen LogP contribution in [0.2, 0.25) is 0 Å². The number of hydrogen-bond acceptors (Lipinski definition) is 3. The van der Waals surface area contributed by atoms with E-state index in [0.29, 0.717) is 6.42 Å². The van der Waals surface area contributed by atoms with Crippen molar-refractivity contribution in [3.8, 4) is 12.3 Å². The highest BCUT2D eigenvalue weighted by Gasteiger charge is 1.92. The third-order valence-electron chi connectivity index (χ3n) is 1.48. The van der Waals surface area contributed by atoms with Crippen molar-refractivity contribution < 1.29 is 4.79 Å². The zero-order chi connectivity index (χ0) is 13.7. The maximum absolute atomic E-state index is 10.6. The van der Waals surface area contributed by atoms with E-state index in [2.05, 4.69) is 35.7 Å². The van der Waals surface area contributed by atoms with Gasteiger partial charge in [0.2, 0.25) is 5.91 Å². The van der Waals surface area contributed by atoms with Gasteiger partial charge in [0.05, 0.1) is 0 Å². The Hall–Kier alpha value is -1.47. The summed E-state index contributed by atoms with van der Waals surface area (Å²) in [5, 5.41) is 3.72. The molecule has 0 rings (SSSR count). The van der Waals surface area contributed by atoms with Crippen LogP contribution in [0.4, 0.5) is 0 Å². The summed E-state index contributed by atoms with van der Waals surface area (Å²) in [5.74, 6) is 2.46. The van der Waals surface area contributed by atoms with E-state index in [0.717, 1.165) is 4.91 Å². The van der Waals surface area contributed by atoms with E-state index < -0.39 is 0 Å². The van der Waals surface area contributed by atoms with Gasteiger partial charge in [0.25, 0.3) is 0 Å². The lowest BCUT2D eigenvalue weighted by Gasteiger charge is -1.96. The second-order valence-electron chi connectivity index (χ2n) is 3.21. The number of carbonyl (C=O) groups is 1. The van der Waals surface area contributed by atoms with Crippen molar-refractivity contribution in [2.75, 3.05) is 0 Å². The average Bonchev–Trinajstić information content (AvgIpc) is 2.29. The first-order valence-electron chi connectivity index (χ1n) is 5.24. The molecule has 0 radical (unpaired) electrons. The van der Waals surface area contributed by atoms with Gasteiger partial charge < -0.3 is 0 Å². The fourth-order valence-corrected chi connectivity index (χ4v) is 0.562. The number of hydrogen-bond donors (Lipinski definition) is 2. The van der Waals surface area contributed by atoms with E-state index >= 15 is 0 Å². The topological polar surface area (TPSA) is 41.5 Å². The minimum absolute atomic E-state index is 0.0717. The molecule has 0 fully saturated rings. The molecule has 0 bridgehead atoms. The number of nitrogens with zero attached hydrogens (tertiary/aromatic N) is 1. The van der Waals surface area contributed by atoms with Crippen LogP contribution in [0.5, 0.6) is 0 Å². The molecule has 0 saturated heterocycles. The molecule has 0 aliphatic rings. The molecule has 0 spiro atoms. The standard InChI is InChI=1S/C8H14N2O.C5H6S/c1-4-7(3)6-9-10-8(11)5-2;1-3-4-5(2)6/h4,6-7H,1,5H2,2-3H3,(H,10,11);1,4,6H,2H3/b9-6+;5-4+. The quantitative estimate of drug-likeness (QED) is 0.261. The van der Waals surface area contributed by atoms with Crippen LogP contribution in [0, 0.1) is 18.3 Å². The van der Waals surface area contributed by atoms with E-state index in [4.69, 9.17) is 6.42 Å². The van der Waals surface area contributed by atoms with Crippen molar-refractivity contribution in [1.82, 2.24) is 5.43 Å². The van der Waals surface area contributed by atoms with Crippen LogP contribution in [-0.4, -0.2) is 12.1 Å². The number of allylic oxidation sites excluding steroid dienone is 3. The third-order valence-corrected chi connectivity index (χ3v) is 1.61. The number of hydrazone groups is 1. The number of amides is 1. The first-order chi connectivity index (χ1) is 7.97. The SMILES string of the molecule is C#C/C=C(\C)S.C=CC(C)/C=N/NC(=O)CC. The fourth-order valence-electron chi connectivity index (χ4n) is 0.487. The molecule has 0 aromatic rings. The summed E-state index contributed by atoms with van der Waals surface area (Å²) in [5.41, 5.74) is 2.38. The molecule has 94 valence electrons. The van der Waals surface area contributed by atoms with Crippen LogP contribution < -0.4 is 5.43 Å². The minimum Gasteiger partial charge on any atom is -0.273 e. The van der Waals surface area contributed by atoms with Gasteiger partial charge in [-0.2, -0.15) is 5.10 Å². The summed E-state index contributed by atoms with van der Waals surface area (Å²) in [6, 6.07) is 0. The number of carbonyl (C=O) groups excluding carboxylic acids is 1. The van der Waals surface area contributed by atoms with Gasteiger partial charge in [-0.1, -0.05) is 25.8 Å². The smallest absolute Gasteiger partial charge is 0.239 e. The maximum Gasteiger partial charge on any atom is 0.239 e. The lowest BCUT2D eigenvalue weighted by Crippen LogP contribution is -2.16. The van der Waals surface area contributed by atoms with Gasteiger partial charge in [0, 0.05) is 18.6 Å². The lowest BCUT2D eigenvalue weighted by atomic mass is 10.2. The molecule has 1 N–H and O–H groups in total. The van der Waals surface area contributed by atoms with Crippen LogP contribution in [0.3, 0.4) is 0 Å². The Bertz CT molecular complexity index is 323. The van der Waals surface area contributed by atoms with Crippen molar-refractivity contribution in [3.63, 3.8) is 0 Å². The number of nitrogens with one attached hydrogen (secondary N) is 1. The molecule has 0 aliphatic heterocycles. The van der Waals surface area contributed by atoms with Crippen molar-refractivity contribution in [2.24, 2.45) is 11.0 Å². The molecular weight excluding hydrogens is 232 g/mol. The molecule has 4 heteroatoms. The molecule has 0 aromatic carbocycles. The summed E-state index contributed by atoms with van der Waals surface area (Å²) in [6.07, 6.45) is 10.3. The molecule has 0 heterocycles. The zero-order valence-corrected chi connectivity index (χ0v) is 11.5. The van der Waals surface area contributed by atoms with Crippen LogP contribution in [0.15, 0.2) is 28.7 Å². The average molecular weight is 252 g/mol. The Kier molecular flexibility index (Phi) is 13.3. The lowest BCUT2D eigenvalue weighted by molar-refractivity contribution is -0.120. The Balaban J connectivity index is 0. The first kappa shape index (κ1) is 17.9. The molecule has 3 nitrogen and oxygen atoms in total. The van der Waals surface area contributed by atoms with Crippen LogP contribution in [0.25, 0.3) is 0 Å². The first-order valence-corrected chi connectivity index (χ1v) is 5.69. The molecule has 17 heavy (non-hydrogen) atoms. The van der Waals surface area contributed by atoms with Crippen LogP contribution in [-0.2, 0) is 4.79 Å². The normalized spacial score (nSPS) is 12.1. The second kappa shape index (κ2) is 12.6. The Morgan fingerprint density at radius 1 is 1.71 bits per heavy atom. The fraction of sp³-hybridized carbons (Fsp3) is 0.385. The highest BCUT2D eigenvalue weighted by Crippen LogP contribution is 1.92. The summed E-state index contributed by atoms with van der Waals surface area (Å²) < 4.78 is 0. The summed E-state index contributed by atoms with van der Waals surface area (Å²) in [4.78, 5) is 11.5. The Morgan fingerprint density at radius 2 is 2.29 bits per heavy atom. The maximum atomic E-state index is 10.6. The van der Waals surface area contributed by atoms with E-state index in [1.807, 2.05) is 13.8 Å². The second-order valence-corrected chi connectivity index (χ2v) is 3.92. The summed E-state index contributed by atoms with van der Waals surface area (Å²) in [7, 11) is 0. The van der Waals surface area contributed by atoms with Crippen molar-refractivity contribution in [1.29, 1.82) is 0 Å². The van der Waals surface area contributed by atoms with Gasteiger partial charge in [0.15, 0.2) is 0 Å². The molecule has 1 unspecified atom stereocenters. The van der Waals surface area contributed by atoms with Crippen molar-refractivity contribution in [3.05, 3.63) is 23.6 Å². The van der Waals surface area contributed by atoms with E-state index in [9.17, 15) is 4.79 Å². The van der Waals surface area contributed by atoms with E-state index in [-0.39, 0.29) is 11.8 Å². The molecule has 0 saturated carbocycles. The highest BCUT2D eigenvalue weighted by atomic mass is 32.1. The highest BCUT2D eigenvalue weighted by molar-refractivity contribution is 7.84. The number of thiol groups is 1. The van der Waals surface area contributed by atoms with Crippen molar-refractivity contribution >= 4 is 24.8 Å². The predicted molar refractivity (Wildman–Crippen MR) is 77.9 cm³/mol. The zero-order valence-electron chi connectivity index (χ0n) is 10.6. The third kappa shape index (κ3) is 17.2. The Labute approximate surface area is 109 Å². The van der Waals surface area contributed by atoms with Gasteiger partial charge >= 0.3 is 0 Å². The number of terminal acetylenes is 1. The monoisotopic (exact) mass is 252 g/mol. The van der Waals surface area contributed by atoms with Crippen LogP contribution >= 0.6 is 12.6 Å². The summed E-state index contributed by atoms with van der Waals surface area (Å²) in [6.45, 7) is 9.13. The van der Waals surface area contributed by atoms with Gasteiger partial charge in [-0.25, -0.2) is 5.43 Å². The largest absolute Gasteiger partial charge is 0.273 e. The van der Waals surface area contributed by atoms with Crippen molar-refractivity contribution in [2.45, 2.75) is 27.2 Å². The molecule has 0 aromatic heterocycles. The van der Waals surface area contributed by atoms with Gasteiger partial charge in [-0.3, -0.25) is 4.79 Å². The van der Waals surface area contributed by atoms with E-state index in [1.165, 1.54) is 0 Å². The van der Waals surface area contributed by atoms with Crippen LogP contribution in [0.1, 0.15) is 27.2 Å². The van der Waals surface area contributed by atoms with Gasteiger partial charge in [-0.05, 0) is 17.9 Å². The molecule has 0 aliphatic carbocycles. The van der Waals surface area contributed by atoms with Gasteiger partial charge in [0.1, 0.15) is 0 Å². The number of rotatable bonds is 4. The summed E-state index contributed by atoms with van der Waals surface area (Å²) >= 11 is 3.90. The minimum atomic E-state index is -0.0717. The molecule has 1 amide bonds.